The van der Waals surface area contributed by atoms with E-state index in [4.69, 9.17) is 9.47 Å². The highest BCUT2D eigenvalue weighted by atomic mass is 16.5. The molecule has 3 heterocycles. The van der Waals surface area contributed by atoms with E-state index < -0.39 is 0 Å². The van der Waals surface area contributed by atoms with Gasteiger partial charge in [0, 0.05) is 11.9 Å². The quantitative estimate of drug-likeness (QED) is 0.840. The number of pyridine rings is 1. The lowest BCUT2D eigenvalue weighted by Crippen LogP contribution is -2.04. The van der Waals surface area contributed by atoms with Crippen molar-refractivity contribution in [3.05, 3.63) is 52.8 Å². The fraction of sp³-hybridized carbons (Fsp3) is 0.353. The molecule has 0 spiro atoms. The van der Waals surface area contributed by atoms with Gasteiger partial charge in [0.2, 0.25) is 0 Å². The molecule has 3 heteroatoms. The van der Waals surface area contributed by atoms with Crippen LogP contribution in [0.2, 0.25) is 0 Å². The van der Waals surface area contributed by atoms with Crippen LogP contribution < -0.4 is 9.47 Å². The van der Waals surface area contributed by atoms with Gasteiger partial charge in [-0.05, 0) is 60.6 Å². The molecule has 4 aliphatic rings. The van der Waals surface area contributed by atoms with Gasteiger partial charge in [-0.1, -0.05) is 6.07 Å². The lowest BCUT2D eigenvalue weighted by Gasteiger charge is -2.16. The molecule has 104 valence electrons. The molecular formula is C17H19NO2. The maximum atomic E-state index is 5.54. The van der Waals surface area contributed by atoms with Gasteiger partial charge in [-0.15, -0.1) is 0 Å². The zero-order valence-corrected chi connectivity index (χ0v) is 12.0. The summed E-state index contributed by atoms with van der Waals surface area (Å²) in [5.74, 6) is 1.92. The van der Waals surface area contributed by atoms with Gasteiger partial charge < -0.3 is 9.47 Å². The van der Waals surface area contributed by atoms with Crippen LogP contribution in [0, 0.1) is 0 Å². The van der Waals surface area contributed by atoms with Crippen LogP contribution in [-0.4, -0.2) is 19.2 Å². The van der Waals surface area contributed by atoms with Gasteiger partial charge >= 0.3 is 0 Å². The maximum Gasteiger partial charge on any atom is 0.122 e. The second-order valence-electron chi connectivity index (χ2n) is 5.13. The molecule has 2 aliphatic heterocycles. The van der Waals surface area contributed by atoms with E-state index in [1.807, 2.05) is 6.20 Å². The molecule has 3 nitrogen and oxygen atoms in total. The molecule has 0 saturated carbocycles. The highest BCUT2D eigenvalue weighted by Gasteiger charge is 2.13. The number of methoxy groups -OCH3 is 2. The van der Waals surface area contributed by atoms with Crippen molar-refractivity contribution in [2.24, 2.45) is 0 Å². The van der Waals surface area contributed by atoms with Crippen molar-refractivity contribution in [3.8, 4) is 11.5 Å². The Balaban J connectivity index is 2.06. The molecule has 2 aromatic rings. The number of hydrogen-bond acceptors (Lipinski definition) is 3. The van der Waals surface area contributed by atoms with Gasteiger partial charge in [0.05, 0.1) is 14.2 Å². The standard InChI is InChI=1S/C17H19NO2/c1-19-16-10-14-6-8-15-7-4-12(11-18-15)3-5-13(16)9-17(14)20-2/h4,7,9-11H,3,5-6,8H2,1-2H3. The van der Waals surface area contributed by atoms with Crippen molar-refractivity contribution in [2.45, 2.75) is 25.7 Å². The number of ether oxygens (including phenoxy) is 2. The topological polar surface area (TPSA) is 31.4 Å². The summed E-state index contributed by atoms with van der Waals surface area (Å²) in [4.78, 5) is 4.53. The molecule has 4 bridgehead atoms. The SMILES string of the molecule is COc1cc2c(OC)cc1CCc1ccc(nc1)CC2. The third-order valence-electron chi connectivity index (χ3n) is 3.90. The molecule has 0 unspecified atom stereocenters. The fourth-order valence-electron chi connectivity index (χ4n) is 2.71. The lowest BCUT2D eigenvalue weighted by atomic mass is 9.98. The summed E-state index contributed by atoms with van der Waals surface area (Å²) in [7, 11) is 3.46. The maximum absolute atomic E-state index is 5.54. The Bertz CT molecular complexity index is 550. The van der Waals surface area contributed by atoms with Crippen molar-refractivity contribution in [1.29, 1.82) is 0 Å². The first-order valence-electron chi connectivity index (χ1n) is 6.97. The monoisotopic (exact) mass is 269 g/mol. The summed E-state index contributed by atoms with van der Waals surface area (Å²) in [6.07, 6.45) is 5.71. The van der Waals surface area contributed by atoms with E-state index in [2.05, 4.69) is 29.2 Å². The number of rotatable bonds is 2. The minimum Gasteiger partial charge on any atom is -0.496 e. The van der Waals surface area contributed by atoms with Gasteiger partial charge in [-0.3, -0.25) is 4.98 Å². The van der Waals surface area contributed by atoms with Gasteiger partial charge in [0.25, 0.3) is 0 Å². The van der Waals surface area contributed by atoms with Crippen molar-refractivity contribution < 1.29 is 9.47 Å². The molecule has 0 atom stereocenters. The largest absolute Gasteiger partial charge is 0.496 e. The van der Waals surface area contributed by atoms with Crippen molar-refractivity contribution >= 4 is 0 Å². The lowest BCUT2D eigenvalue weighted by molar-refractivity contribution is 0.394. The first kappa shape index (κ1) is 13.0. The molecule has 0 saturated heterocycles. The predicted molar refractivity (Wildman–Crippen MR) is 78.6 cm³/mol. The molecule has 0 radical (unpaired) electrons. The van der Waals surface area contributed by atoms with Crippen LogP contribution in [0.3, 0.4) is 0 Å². The van der Waals surface area contributed by atoms with E-state index >= 15 is 0 Å². The second-order valence-corrected chi connectivity index (χ2v) is 5.13. The minimum absolute atomic E-state index is 0.909. The van der Waals surface area contributed by atoms with E-state index in [-0.39, 0.29) is 0 Å². The van der Waals surface area contributed by atoms with Gasteiger partial charge in [-0.2, -0.15) is 0 Å². The summed E-state index contributed by atoms with van der Waals surface area (Å²) >= 11 is 0. The Morgan fingerprint density at radius 1 is 0.850 bits per heavy atom. The third-order valence-corrected chi connectivity index (χ3v) is 3.90. The summed E-state index contributed by atoms with van der Waals surface area (Å²) in [6.45, 7) is 0. The fourth-order valence-corrected chi connectivity index (χ4v) is 2.71. The Kier molecular flexibility index (Phi) is 3.59. The molecule has 0 N–H and O–H groups in total. The molecule has 1 aromatic carbocycles. The molecular weight excluding hydrogens is 250 g/mol. The van der Waals surface area contributed by atoms with Crippen molar-refractivity contribution in [1.82, 2.24) is 4.98 Å². The number of nitrogens with zero attached hydrogens (tertiary/aromatic N) is 1. The predicted octanol–water partition coefficient (Wildman–Crippen LogP) is 2.98. The molecule has 2 aliphatic carbocycles. The number of aryl methyl sites for hydroxylation is 4. The highest BCUT2D eigenvalue weighted by molar-refractivity contribution is 5.47. The van der Waals surface area contributed by atoms with E-state index in [0.717, 1.165) is 42.9 Å². The van der Waals surface area contributed by atoms with Crippen LogP contribution in [0.25, 0.3) is 0 Å². The van der Waals surface area contributed by atoms with Crippen molar-refractivity contribution in [3.63, 3.8) is 0 Å². The zero-order chi connectivity index (χ0) is 13.9. The molecule has 0 fully saturated rings. The summed E-state index contributed by atoms with van der Waals surface area (Å²) in [5.41, 5.74) is 4.76. The Morgan fingerprint density at radius 3 is 2.05 bits per heavy atom. The van der Waals surface area contributed by atoms with E-state index in [9.17, 15) is 0 Å². The Labute approximate surface area is 119 Å². The van der Waals surface area contributed by atoms with Crippen LogP contribution >= 0.6 is 0 Å². The van der Waals surface area contributed by atoms with Gasteiger partial charge in [-0.25, -0.2) is 0 Å². The summed E-state index contributed by atoms with van der Waals surface area (Å²) in [5, 5.41) is 0. The number of aromatic nitrogens is 1. The number of benzene rings is 1. The summed E-state index contributed by atoms with van der Waals surface area (Å²) < 4.78 is 11.1. The molecule has 20 heavy (non-hydrogen) atoms. The van der Waals surface area contributed by atoms with Crippen molar-refractivity contribution in [2.75, 3.05) is 14.2 Å². The smallest absolute Gasteiger partial charge is 0.122 e. The van der Waals surface area contributed by atoms with Crippen LogP contribution in [-0.2, 0) is 25.7 Å². The van der Waals surface area contributed by atoms with Crippen LogP contribution in [0.1, 0.15) is 22.4 Å². The second kappa shape index (κ2) is 5.53. The van der Waals surface area contributed by atoms with Crippen LogP contribution in [0.4, 0.5) is 0 Å². The first-order chi connectivity index (χ1) is 9.80. The average molecular weight is 269 g/mol. The first-order valence-corrected chi connectivity index (χ1v) is 6.97. The molecule has 1 aromatic heterocycles. The number of hydrogen-bond donors (Lipinski definition) is 0. The van der Waals surface area contributed by atoms with Gasteiger partial charge in [0.15, 0.2) is 0 Å². The van der Waals surface area contributed by atoms with Crippen LogP contribution in [0.15, 0.2) is 30.5 Å². The molecule has 0 amide bonds. The van der Waals surface area contributed by atoms with Gasteiger partial charge in [0.1, 0.15) is 11.5 Å². The Morgan fingerprint density at radius 2 is 1.50 bits per heavy atom. The van der Waals surface area contributed by atoms with Crippen LogP contribution in [0.5, 0.6) is 11.5 Å². The Hall–Kier alpha value is -2.03. The minimum atomic E-state index is 0.909. The summed E-state index contributed by atoms with van der Waals surface area (Å²) in [6, 6.07) is 8.55. The van der Waals surface area contributed by atoms with E-state index in [1.165, 1.54) is 16.7 Å². The van der Waals surface area contributed by atoms with E-state index in [0.29, 0.717) is 0 Å². The highest BCUT2D eigenvalue weighted by Crippen LogP contribution is 2.31. The zero-order valence-electron chi connectivity index (χ0n) is 12.0. The normalized spacial score (nSPS) is 13.7. The average Bonchev–Trinajstić information content (AvgIpc) is 2.49. The van der Waals surface area contributed by atoms with E-state index in [1.54, 1.807) is 14.2 Å². The molecule has 6 rings (SSSR count). The third kappa shape index (κ3) is 2.48.